The Balaban J connectivity index is 2.34. The normalized spacial score (nSPS) is 18.5. The van der Waals surface area contributed by atoms with Crippen molar-refractivity contribution in [3.05, 3.63) is 41.1 Å². The molecule has 26 heavy (non-hydrogen) atoms. The van der Waals surface area contributed by atoms with E-state index in [1.54, 1.807) is 12.3 Å². The smallest absolute Gasteiger partial charge is 0.270 e. The molecule has 140 valence electrons. The van der Waals surface area contributed by atoms with E-state index in [0.717, 1.165) is 25.7 Å². The van der Waals surface area contributed by atoms with Gasteiger partial charge in [-0.05, 0) is 25.0 Å². The van der Waals surface area contributed by atoms with Gasteiger partial charge in [0.1, 0.15) is 23.5 Å². The van der Waals surface area contributed by atoms with E-state index in [0.29, 0.717) is 17.8 Å². The maximum absolute atomic E-state index is 12.6. The second-order valence-corrected chi connectivity index (χ2v) is 6.59. The van der Waals surface area contributed by atoms with Gasteiger partial charge in [0, 0.05) is 13.2 Å². The Labute approximate surface area is 158 Å². The van der Waals surface area contributed by atoms with Gasteiger partial charge in [-0.3, -0.25) is 9.59 Å². The summed E-state index contributed by atoms with van der Waals surface area (Å²) in [5.74, 6) is 0.228. The summed E-state index contributed by atoms with van der Waals surface area (Å²) in [7, 11) is 1.85. The number of rotatable bonds is 8. The molecule has 1 fully saturated rings. The Hall–Kier alpha value is -2.41. The van der Waals surface area contributed by atoms with Gasteiger partial charge >= 0.3 is 0 Å². The molecule has 0 aliphatic carbocycles. The molecule has 0 unspecified atom stereocenters. The maximum Gasteiger partial charge on any atom is 0.270 e. The second-order valence-electron chi connectivity index (χ2n) is 6.18. The first-order chi connectivity index (χ1) is 12.5. The minimum atomic E-state index is -0.439. The molecule has 1 aromatic rings. The standard InChI is InChI=1S/C18H24ClN5O2/c1-4-7-18(8-5-2)23-17(26)16(24(18)3)14(19)10-13(11-25)22-15-6-9-20-12-21-15/h6,9-12H,4-5,7-8H2,1-3H3,(H,23,26)(H,20,21,22)/b13-10+,16-14+. The fraction of sp³-hybridized carbons (Fsp3) is 0.444. The van der Waals surface area contributed by atoms with Crippen molar-refractivity contribution < 1.29 is 9.59 Å². The molecule has 2 N–H and O–H groups in total. The summed E-state index contributed by atoms with van der Waals surface area (Å²) in [5, 5.41) is 6.13. The van der Waals surface area contributed by atoms with E-state index < -0.39 is 5.66 Å². The molecule has 1 amide bonds. The first-order valence-corrected chi connectivity index (χ1v) is 9.01. The van der Waals surface area contributed by atoms with Gasteiger partial charge in [-0.15, -0.1) is 0 Å². The van der Waals surface area contributed by atoms with Gasteiger partial charge in [0.25, 0.3) is 5.91 Å². The molecule has 0 spiro atoms. The number of hydrogen-bond acceptors (Lipinski definition) is 6. The summed E-state index contributed by atoms with van der Waals surface area (Å²) in [5.41, 5.74) is 0.119. The fourth-order valence-corrected chi connectivity index (χ4v) is 3.55. The van der Waals surface area contributed by atoms with Crippen LogP contribution in [-0.4, -0.2) is 39.8 Å². The number of nitrogens with zero attached hydrogens (tertiary/aromatic N) is 3. The van der Waals surface area contributed by atoms with Crippen LogP contribution in [0.3, 0.4) is 0 Å². The van der Waals surface area contributed by atoms with E-state index in [9.17, 15) is 9.59 Å². The van der Waals surface area contributed by atoms with Crippen LogP contribution in [0.1, 0.15) is 39.5 Å². The summed E-state index contributed by atoms with van der Waals surface area (Å²) >= 11 is 6.41. The number of carbonyl (C=O) groups excluding carboxylic acids is 2. The number of aromatic nitrogens is 2. The molecule has 0 bridgehead atoms. The number of anilines is 1. The quantitative estimate of drug-likeness (QED) is 0.535. The minimum absolute atomic E-state index is 0.197. The van der Waals surface area contributed by atoms with Gasteiger partial charge in [0.15, 0.2) is 6.29 Å². The second kappa shape index (κ2) is 8.80. The zero-order chi connectivity index (χ0) is 19.2. The predicted molar refractivity (Wildman–Crippen MR) is 101 cm³/mol. The number of likely N-dealkylation sites (N-methyl/N-ethyl adjacent to an activating group) is 1. The van der Waals surface area contributed by atoms with E-state index in [1.165, 1.54) is 12.4 Å². The highest BCUT2D eigenvalue weighted by Gasteiger charge is 2.45. The molecule has 2 rings (SSSR count). The summed E-state index contributed by atoms with van der Waals surface area (Å²) in [6.07, 6.45) is 8.49. The third kappa shape index (κ3) is 4.22. The van der Waals surface area contributed by atoms with Crippen molar-refractivity contribution in [1.82, 2.24) is 20.2 Å². The van der Waals surface area contributed by atoms with Crippen LogP contribution in [0, 0.1) is 0 Å². The van der Waals surface area contributed by atoms with Gasteiger partial charge in [-0.2, -0.15) is 0 Å². The van der Waals surface area contributed by atoms with Crippen LogP contribution in [0.5, 0.6) is 0 Å². The van der Waals surface area contributed by atoms with Gasteiger partial charge < -0.3 is 15.5 Å². The Morgan fingerprint density at radius 2 is 2.08 bits per heavy atom. The lowest BCUT2D eigenvalue weighted by molar-refractivity contribution is -0.117. The average Bonchev–Trinajstić information content (AvgIpc) is 2.86. The summed E-state index contributed by atoms with van der Waals surface area (Å²) in [6, 6.07) is 1.63. The lowest BCUT2D eigenvalue weighted by Gasteiger charge is -2.36. The highest BCUT2D eigenvalue weighted by Crippen LogP contribution is 2.34. The van der Waals surface area contributed by atoms with Crippen molar-refractivity contribution in [2.24, 2.45) is 0 Å². The SMILES string of the molecule is CCCC1(CCC)NC(=O)/C(=C(Cl)/C=C(\C=O)Nc2ccncn2)N1C. The number of nitrogens with one attached hydrogen (secondary N) is 2. The van der Waals surface area contributed by atoms with Gasteiger partial charge in [-0.1, -0.05) is 38.3 Å². The fourth-order valence-electron chi connectivity index (χ4n) is 3.22. The molecule has 2 heterocycles. The predicted octanol–water partition coefficient (Wildman–Crippen LogP) is 2.78. The average molecular weight is 378 g/mol. The summed E-state index contributed by atoms with van der Waals surface area (Å²) in [4.78, 5) is 33.7. The number of allylic oxidation sites excluding steroid dienone is 3. The zero-order valence-electron chi connectivity index (χ0n) is 15.3. The number of aldehydes is 1. The third-order valence-electron chi connectivity index (χ3n) is 4.36. The van der Waals surface area contributed by atoms with Crippen LogP contribution in [0.4, 0.5) is 5.82 Å². The van der Waals surface area contributed by atoms with Gasteiger partial charge in [0.05, 0.1) is 10.7 Å². The highest BCUT2D eigenvalue weighted by atomic mass is 35.5. The Kier molecular flexibility index (Phi) is 6.74. The molecular weight excluding hydrogens is 354 g/mol. The van der Waals surface area contributed by atoms with Crippen LogP contribution in [0.25, 0.3) is 0 Å². The van der Waals surface area contributed by atoms with Crippen LogP contribution >= 0.6 is 11.6 Å². The molecule has 1 aromatic heterocycles. The Morgan fingerprint density at radius 3 is 2.62 bits per heavy atom. The molecule has 1 saturated heterocycles. The lowest BCUT2D eigenvalue weighted by atomic mass is 9.98. The molecule has 0 atom stereocenters. The van der Waals surface area contributed by atoms with Crippen LogP contribution in [0.2, 0.25) is 0 Å². The van der Waals surface area contributed by atoms with E-state index in [1.807, 2.05) is 11.9 Å². The van der Waals surface area contributed by atoms with E-state index in [-0.39, 0.29) is 16.6 Å². The van der Waals surface area contributed by atoms with Crippen molar-refractivity contribution in [1.29, 1.82) is 0 Å². The van der Waals surface area contributed by atoms with Gasteiger partial charge in [0.2, 0.25) is 0 Å². The van der Waals surface area contributed by atoms with E-state index in [2.05, 4.69) is 34.4 Å². The van der Waals surface area contributed by atoms with E-state index >= 15 is 0 Å². The molecular formula is C18H24ClN5O2. The Morgan fingerprint density at radius 1 is 1.38 bits per heavy atom. The van der Waals surface area contributed by atoms with Gasteiger partial charge in [-0.25, -0.2) is 9.97 Å². The molecule has 1 aliphatic rings. The number of amides is 1. The number of carbonyl (C=O) groups is 2. The molecule has 0 aromatic carbocycles. The van der Waals surface area contributed by atoms with Crippen LogP contribution in [0.15, 0.2) is 41.1 Å². The highest BCUT2D eigenvalue weighted by molar-refractivity contribution is 6.33. The molecule has 1 aliphatic heterocycles. The summed E-state index contributed by atoms with van der Waals surface area (Å²) < 4.78 is 0. The molecule has 0 radical (unpaired) electrons. The van der Waals surface area contributed by atoms with Crippen molar-refractivity contribution in [3.63, 3.8) is 0 Å². The van der Waals surface area contributed by atoms with Crippen molar-refractivity contribution >= 4 is 29.6 Å². The first-order valence-electron chi connectivity index (χ1n) is 8.63. The van der Waals surface area contributed by atoms with Crippen molar-refractivity contribution in [2.45, 2.75) is 45.2 Å². The zero-order valence-corrected chi connectivity index (χ0v) is 16.0. The van der Waals surface area contributed by atoms with Crippen molar-refractivity contribution in [2.75, 3.05) is 12.4 Å². The number of halogens is 1. The van der Waals surface area contributed by atoms with E-state index in [4.69, 9.17) is 11.6 Å². The Bertz CT molecular complexity index is 712. The first kappa shape index (κ1) is 19.9. The largest absolute Gasteiger partial charge is 0.346 e. The topological polar surface area (TPSA) is 87.2 Å². The lowest BCUT2D eigenvalue weighted by Crippen LogP contribution is -2.50. The number of hydrogen-bond donors (Lipinski definition) is 2. The monoisotopic (exact) mass is 377 g/mol. The molecule has 8 heteroatoms. The molecule has 7 nitrogen and oxygen atoms in total. The van der Waals surface area contributed by atoms with Crippen LogP contribution < -0.4 is 10.6 Å². The van der Waals surface area contributed by atoms with Crippen molar-refractivity contribution in [3.8, 4) is 0 Å². The minimum Gasteiger partial charge on any atom is -0.346 e. The third-order valence-corrected chi connectivity index (χ3v) is 4.64. The molecule has 0 saturated carbocycles. The maximum atomic E-state index is 12.6. The van der Waals surface area contributed by atoms with Crippen LogP contribution in [-0.2, 0) is 9.59 Å². The summed E-state index contributed by atoms with van der Waals surface area (Å²) in [6.45, 7) is 4.16.